The molecule has 4 aromatic rings. The van der Waals surface area contributed by atoms with Gasteiger partial charge in [0.1, 0.15) is 11.3 Å². The minimum Gasteiger partial charge on any atom is -0.454 e. The van der Waals surface area contributed by atoms with Gasteiger partial charge >= 0.3 is 0 Å². The van der Waals surface area contributed by atoms with Crippen LogP contribution in [0.15, 0.2) is 61.3 Å². The van der Waals surface area contributed by atoms with Crippen molar-refractivity contribution in [1.29, 1.82) is 0 Å². The van der Waals surface area contributed by atoms with Gasteiger partial charge in [0.15, 0.2) is 21.3 Å². The highest BCUT2D eigenvalue weighted by molar-refractivity contribution is 9.10. The summed E-state index contributed by atoms with van der Waals surface area (Å²) in [6.07, 6.45) is 0. The lowest BCUT2D eigenvalue weighted by Gasteiger charge is -2.03. The predicted octanol–water partition coefficient (Wildman–Crippen LogP) is 4.28. The van der Waals surface area contributed by atoms with Crippen molar-refractivity contribution in [2.75, 3.05) is 11.9 Å². The summed E-state index contributed by atoms with van der Waals surface area (Å²) in [5.41, 5.74) is 1.41. The molecule has 7 nitrogen and oxygen atoms in total. The van der Waals surface area contributed by atoms with Gasteiger partial charge in [0.2, 0.25) is 5.91 Å². The van der Waals surface area contributed by atoms with E-state index in [0.29, 0.717) is 21.3 Å². The Labute approximate surface area is 165 Å². The summed E-state index contributed by atoms with van der Waals surface area (Å²) in [5.74, 6) is -0.113. The molecular weight excluding hydrogens is 434 g/mol. The van der Waals surface area contributed by atoms with Gasteiger partial charge in [-0.3, -0.25) is 9.59 Å². The lowest BCUT2D eigenvalue weighted by Crippen LogP contribution is -2.32. The van der Waals surface area contributed by atoms with E-state index in [0.717, 1.165) is 11.0 Å². The fourth-order valence-electron chi connectivity index (χ4n) is 2.40. The summed E-state index contributed by atoms with van der Waals surface area (Å²) >= 11 is 4.39. The Balaban J connectivity index is 1.37. The molecule has 0 saturated carbocycles. The first kappa shape index (κ1) is 17.5. The van der Waals surface area contributed by atoms with Crippen LogP contribution in [-0.4, -0.2) is 23.3 Å². The Bertz CT molecular complexity index is 1100. The molecule has 0 unspecified atom stereocenters. The maximum Gasteiger partial charge on any atom is 0.287 e. The fraction of sp³-hybridized carbons (Fsp3) is 0.0556. The number of halogens is 1. The summed E-state index contributed by atoms with van der Waals surface area (Å²) in [6, 6.07) is 12.7. The van der Waals surface area contributed by atoms with E-state index in [2.05, 4.69) is 31.5 Å². The van der Waals surface area contributed by atoms with E-state index in [4.69, 9.17) is 8.83 Å². The summed E-state index contributed by atoms with van der Waals surface area (Å²) in [4.78, 5) is 28.2. The monoisotopic (exact) mass is 445 g/mol. The SMILES string of the molecule is O=C(CNC(=O)c1ccc(Br)o1)Nc1nc(-c2cc3ccccc3o2)cs1. The number of hydrogen-bond donors (Lipinski definition) is 2. The van der Waals surface area contributed by atoms with E-state index >= 15 is 0 Å². The van der Waals surface area contributed by atoms with Gasteiger partial charge in [-0.05, 0) is 40.2 Å². The lowest BCUT2D eigenvalue weighted by atomic mass is 10.2. The molecule has 27 heavy (non-hydrogen) atoms. The maximum atomic E-state index is 12.0. The van der Waals surface area contributed by atoms with Crippen LogP contribution in [0.25, 0.3) is 22.4 Å². The minimum atomic E-state index is -0.474. The number of para-hydroxylation sites is 1. The van der Waals surface area contributed by atoms with Gasteiger partial charge in [-0.2, -0.15) is 0 Å². The summed E-state index contributed by atoms with van der Waals surface area (Å²) < 4.78 is 11.3. The number of nitrogens with one attached hydrogen (secondary N) is 2. The molecule has 0 fully saturated rings. The molecule has 136 valence electrons. The third kappa shape index (κ3) is 3.93. The number of rotatable bonds is 5. The average Bonchev–Trinajstić information content (AvgIpc) is 3.38. The van der Waals surface area contributed by atoms with Crippen LogP contribution in [0.4, 0.5) is 5.13 Å². The van der Waals surface area contributed by atoms with Gasteiger partial charge in [-0.1, -0.05) is 18.2 Å². The average molecular weight is 446 g/mol. The Morgan fingerprint density at radius 2 is 2.00 bits per heavy atom. The third-order valence-electron chi connectivity index (χ3n) is 3.64. The van der Waals surface area contributed by atoms with Crippen molar-refractivity contribution in [1.82, 2.24) is 10.3 Å². The number of carbonyl (C=O) groups is 2. The molecule has 1 aromatic carbocycles. The van der Waals surface area contributed by atoms with Crippen LogP contribution in [0.5, 0.6) is 0 Å². The van der Waals surface area contributed by atoms with Crippen molar-refractivity contribution in [3.05, 3.63) is 58.3 Å². The first-order chi connectivity index (χ1) is 13.1. The molecule has 0 spiro atoms. The Morgan fingerprint density at radius 1 is 1.15 bits per heavy atom. The van der Waals surface area contributed by atoms with Crippen LogP contribution in [0, 0.1) is 0 Å². The first-order valence-corrected chi connectivity index (χ1v) is 9.53. The van der Waals surface area contributed by atoms with Gasteiger partial charge in [-0.15, -0.1) is 11.3 Å². The molecule has 2 N–H and O–H groups in total. The van der Waals surface area contributed by atoms with E-state index in [1.165, 1.54) is 17.4 Å². The number of anilines is 1. The van der Waals surface area contributed by atoms with Gasteiger partial charge in [0.05, 0.1) is 6.54 Å². The number of nitrogens with zero attached hydrogens (tertiary/aromatic N) is 1. The van der Waals surface area contributed by atoms with E-state index in [1.807, 2.05) is 30.3 Å². The van der Waals surface area contributed by atoms with E-state index in [-0.39, 0.29) is 18.2 Å². The molecule has 3 heterocycles. The number of aromatic nitrogens is 1. The fourth-order valence-corrected chi connectivity index (χ4v) is 3.42. The zero-order valence-corrected chi connectivity index (χ0v) is 16.1. The van der Waals surface area contributed by atoms with Crippen LogP contribution < -0.4 is 10.6 Å². The highest BCUT2D eigenvalue weighted by Gasteiger charge is 2.14. The predicted molar refractivity (Wildman–Crippen MR) is 105 cm³/mol. The van der Waals surface area contributed by atoms with Gasteiger partial charge in [0, 0.05) is 10.8 Å². The highest BCUT2D eigenvalue weighted by Crippen LogP contribution is 2.30. The van der Waals surface area contributed by atoms with Crippen LogP contribution in [0.1, 0.15) is 10.6 Å². The summed E-state index contributed by atoms with van der Waals surface area (Å²) in [7, 11) is 0. The molecule has 0 radical (unpaired) electrons. The van der Waals surface area contributed by atoms with E-state index in [9.17, 15) is 9.59 Å². The largest absolute Gasteiger partial charge is 0.454 e. The summed E-state index contributed by atoms with van der Waals surface area (Å²) in [6.45, 7) is -0.198. The molecule has 0 bridgehead atoms. The van der Waals surface area contributed by atoms with E-state index in [1.54, 1.807) is 11.4 Å². The van der Waals surface area contributed by atoms with Crippen LogP contribution in [-0.2, 0) is 4.79 Å². The lowest BCUT2D eigenvalue weighted by molar-refractivity contribution is -0.115. The van der Waals surface area contributed by atoms with Crippen molar-refractivity contribution in [2.24, 2.45) is 0 Å². The molecule has 0 atom stereocenters. The van der Waals surface area contributed by atoms with E-state index < -0.39 is 5.91 Å². The third-order valence-corrected chi connectivity index (χ3v) is 4.82. The number of furan rings is 2. The Hall–Kier alpha value is -2.91. The van der Waals surface area contributed by atoms with Crippen molar-refractivity contribution < 1.29 is 18.4 Å². The molecule has 0 saturated heterocycles. The number of carbonyl (C=O) groups excluding carboxylic acids is 2. The van der Waals surface area contributed by atoms with Crippen molar-refractivity contribution in [2.45, 2.75) is 0 Å². The molecule has 0 aliphatic carbocycles. The molecule has 0 aliphatic rings. The van der Waals surface area contributed by atoms with Gasteiger partial charge in [0.25, 0.3) is 5.91 Å². The van der Waals surface area contributed by atoms with Crippen molar-refractivity contribution >= 4 is 55.2 Å². The molecule has 3 aromatic heterocycles. The second-order valence-corrected chi connectivity index (χ2v) is 7.16. The molecule has 9 heteroatoms. The topological polar surface area (TPSA) is 97.4 Å². The maximum absolute atomic E-state index is 12.0. The van der Waals surface area contributed by atoms with Crippen LogP contribution in [0.2, 0.25) is 0 Å². The zero-order valence-electron chi connectivity index (χ0n) is 13.7. The molecule has 4 rings (SSSR count). The number of amides is 2. The van der Waals surface area contributed by atoms with Crippen LogP contribution in [0.3, 0.4) is 0 Å². The quantitative estimate of drug-likeness (QED) is 0.477. The Kier molecular flexibility index (Phi) is 4.78. The molecular formula is C18H12BrN3O4S. The second-order valence-electron chi connectivity index (χ2n) is 5.52. The first-order valence-electron chi connectivity index (χ1n) is 7.86. The van der Waals surface area contributed by atoms with Gasteiger partial charge < -0.3 is 19.5 Å². The van der Waals surface area contributed by atoms with Crippen LogP contribution >= 0.6 is 27.3 Å². The number of hydrogen-bond acceptors (Lipinski definition) is 6. The van der Waals surface area contributed by atoms with Crippen molar-refractivity contribution in [3.8, 4) is 11.5 Å². The van der Waals surface area contributed by atoms with Crippen molar-refractivity contribution in [3.63, 3.8) is 0 Å². The minimum absolute atomic E-state index is 0.121. The second kappa shape index (κ2) is 7.37. The summed E-state index contributed by atoms with van der Waals surface area (Å²) in [5, 5.41) is 8.34. The zero-order chi connectivity index (χ0) is 18.8. The highest BCUT2D eigenvalue weighted by atomic mass is 79.9. The molecule has 0 aliphatic heterocycles. The van der Waals surface area contributed by atoms with Gasteiger partial charge in [-0.25, -0.2) is 4.98 Å². The standard InChI is InChI=1S/C18H12BrN3O4S/c19-15-6-5-13(26-15)17(24)20-8-16(23)22-18-21-11(9-27-18)14-7-10-3-1-2-4-12(10)25-14/h1-7,9H,8H2,(H,20,24)(H,21,22,23). The number of benzene rings is 1. The number of fused-ring (bicyclic) bond motifs is 1. The smallest absolute Gasteiger partial charge is 0.287 e. The number of thiazole rings is 1. The molecule has 2 amide bonds. The Morgan fingerprint density at radius 3 is 2.78 bits per heavy atom. The normalized spacial score (nSPS) is 10.9.